The highest BCUT2D eigenvalue weighted by atomic mass is 19.1. The van der Waals surface area contributed by atoms with Crippen LogP contribution in [0.15, 0.2) is 23.4 Å². The summed E-state index contributed by atoms with van der Waals surface area (Å²) in [6.45, 7) is 2.20. The Labute approximate surface area is 75.4 Å². The highest BCUT2D eigenvalue weighted by Gasteiger charge is 2.02. The van der Waals surface area contributed by atoms with Gasteiger partial charge in [0.25, 0.3) is 0 Å². The lowest BCUT2D eigenvalue weighted by Gasteiger charge is -2.03. The lowest BCUT2D eigenvalue weighted by molar-refractivity contribution is 0.320. The normalized spacial score (nSPS) is 10.6. The van der Waals surface area contributed by atoms with Crippen molar-refractivity contribution in [1.29, 1.82) is 0 Å². The van der Waals surface area contributed by atoms with Crippen molar-refractivity contribution in [2.75, 3.05) is 6.61 Å². The zero-order valence-corrected chi connectivity index (χ0v) is 7.20. The zero-order valence-electron chi connectivity index (χ0n) is 7.20. The molecule has 1 aromatic rings. The number of benzene rings is 1. The van der Waals surface area contributed by atoms with Crippen molar-refractivity contribution in [3.05, 3.63) is 29.6 Å². The van der Waals surface area contributed by atoms with Crippen LogP contribution in [0.3, 0.4) is 0 Å². The summed E-state index contributed by atoms with van der Waals surface area (Å²) in [7, 11) is 0. The van der Waals surface area contributed by atoms with Crippen LogP contribution in [0.1, 0.15) is 12.5 Å². The molecule has 0 aliphatic rings. The molecule has 0 fully saturated rings. The van der Waals surface area contributed by atoms with Crippen LogP contribution in [0, 0.1) is 5.82 Å². The van der Waals surface area contributed by atoms with Gasteiger partial charge in [0.1, 0.15) is 0 Å². The summed E-state index contributed by atoms with van der Waals surface area (Å²) in [5, 5.41) is 11.0. The first-order chi connectivity index (χ1) is 6.27. The van der Waals surface area contributed by atoms with E-state index in [0.29, 0.717) is 12.2 Å². The van der Waals surface area contributed by atoms with Crippen molar-refractivity contribution in [2.24, 2.45) is 5.16 Å². The Morgan fingerprint density at radius 2 is 2.38 bits per heavy atom. The van der Waals surface area contributed by atoms with Gasteiger partial charge in [0.05, 0.1) is 12.8 Å². The molecule has 0 aromatic heterocycles. The second-order valence-corrected chi connectivity index (χ2v) is 2.37. The van der Waals surface area contributed by atoms with Crippen molar-refractivity contribution in [2.45, 2.75) is 6.92 Å². The average molecular weight is 183 g/mol. The molecule has 0 radical (unpaired) electrons. The lowest BCUT2D eigenvalue weighted by Crippen LogP contribution is -1.95. The number of halogens is 1. The quantitative estimate of drug-likeness (QED) is 0.442. The van der Waals surface area contributed by atoms with Crippen LogP contribution in [-0.4, -0.2) is 18.0 Å². The van der Waals surface area contributed by atoms with E-state index >= 15 is 0 Å². The van der Waals surface area contributed by atoms with Gasteiger partial charge in [-0.1, -0.05) is 5.16 Å². The molecule has 1 rings (SSSR count). The molecule has 0 spiro atoms. The molecule has 3 nitrogen and oxygen atoms in total. The minimum atomic E-state index is -0.459. The molecule has 1 N–H and O–H groups in total. The minimum absolute atomic E-state index is 0.206. The fraction of sp³-hybridized carbons (Fsp3) is 0.222. The van der Waals surface area contributed by atoms with Crippen LogP contribution in [0.4, 0.5) is 4.39 Å². The molecule has 0 saturated carbocycles. The zero-order chi connectivity index (χ0) is 9.68. The van der Waals surface area contributed by atoms with Crippen LogP contribution in [-0.2, 0) is 0 Å². The Kier molecular flexibility index (Phi) is 3.25. The van der Waals surface area contributed by atoms with Crippen LogP contribution in [0.2, 0.25) is 0 Å². The summed E-state index contributed by atoms with van der Waals surface area (Å²) < 4.78 is 18.1. The lowest BCUT2D eigenvalue weighted by atomic mass is 10.2. The summed E-state index contributed by atoms with van der Waals surface area (Å²) in [5.74, 6) is -0.253. The highest BCUT2D eigenvalue weighted by Crippen LogP contribution is 2.17. The van der Waals surface area contributed by atoms with Gasteiger partial charge < -0.3 is 9.94 Å². The van der Waals surface area contributed by atoms with E-state index < -0.39 is 5.82 Å². The van der Waals surface area contributed by atoms with E-state index in [4.69, 9.17) is 9.94 Å². The van der Waals surface area contributed by atoms with E-state index in [-0.39, 0.29) is 5.75 Å². The molecule has 0 saturated heterocycles. The molecule has 0 atom stereocenters. The molecule has 0 bridgehead atoms. The maximum atomic E-state index is 13.1. The molecule has 0 amide bonds. The molecule has 0 unspecified atom stereocenters. The first-order valence-electron chi connectivity index (χ1n) is 3.87. The summed E-state index contributed by atoms with van der Waals surface area (Å²) in [6, 6.07) is 4.34. The number of rotatable bonds is 3. The van der Waals surface area contributed by atoms with Crippen LogP contribution >= 0.6 is 0 Å². The fourth-order valence-corrected chi connectivity index (χ4v) is 0.937. The fourth-order valence-electron chi connectivity index (χ4n) is 0.937. The first kappa shape index (κ1) is 9.51. The molecule has 13 heavy (non-hydrogen) atoms. The number of hydrogen-bond acceptors (Lipinski definition) is 3. The van der Waals surface area contributed by atoms with Crippen molar-refractivity contribution >= 4 is 6.21 Å². The summed E-state index contributed by atoms with van der Waals surface area (Å²) in [5.41, 5.74) is 0.489. The predicted octanol–water partition coefficient (Wildman–Crippen LogP) is 2.03. The Morgan fingerprint density at radius 3 is 2.92 bits per heavy atom. The maximum Gasteiger partial charge on any atom is 0.165 e. The van der Waals surface area contributed by atoms with Gasteiger partial charge in [-0.15, -0.1) is 0 Å². The molecule has 1 aromatic carbocycles. The van der Waals surface area contributed by atoms with Gasteiger partial charge in [0.2, 0.25) is 0 Å². The number of nitrogens with zero attached hydrogens (tertiary/aromatic N) is 1. The molecule has 0 heterocycles. The molecular weight excluding hydrogens is 173 g/mol. The highest BCUT2D eigenvalue weighted by molar-refractivity contribution is 5.79. The van der Waals surface area contributed by atoms with Gasteiger partial charge in [-0.25, -0.2) is 4.39 Å². The largest absolute Gasteiger partial charge is 0.491 e. The van der Waals surface area contributed by atoms with Crippen LogP contribution < -0.4 is 4.74 Å². The van der Waals surface area contributed by atoms with E-state index in [1.165, 1.54) is 12.1 Å². The third-order valence-corrected chi connectivity index (χ3v) is 1.46. The molecular formula is C9H10FNO2. The number of oxime groups is 1. The Bertz CT molecular complexity index is 312. The Morgan fingerprint density at radius 1 is 1.62 bits per heavy atom. The summed E-state index contributed by atoms with van der Waals surface area (Å²) >= 11 is 0. The Balaban J connectivity index is 2.91. The van der Waals surface area contributed by atoms with E-state index in [0.717, 1.165) is 6.21 Å². The van der Waals surface area contributed by atoms with Crippen molar-refractivity contribution in [1.82, 2.24) is 0 Å². The topological polar surface area (TPSA) is 41.8 Å². The first-order valence-corrected chi connectivity index (χ1v) is 3.87. The molecule has 4 heteroatoms. The van der Waals surface area contributed by atoms with Crippen molar-refractivity contribution in [3.8, 4) is 5.75 Å². The SMILES string of the molecule is CCOc1ccc(/C=N/O)cc1F. The number of ether oxygens (including phenoxy) is 1. The third kappa shape index (κ3) is 2.43. The smallest absolute Gasteiger partial charge is 0.165 e. The minimum Gasteiger partial charge on any atom is -0.491 e. The Hall–Kier alpha value is -1.58. The maximum absolute atomic E-state index is 13.1. The standard InChI is InChI=1S/C9H10FNO2/c1-2-13-9-4-3-7(6-11-12)5-8(9)10/h3-6,12H,2H2,1H3/b11-6+. The number of hydrogen-bond donors (Lipinski definition) is 1. The van der Waals surface area contributed by atoms with Gasteiger partial charge in [0.15, 0.2) is 11.6 Å². The van der Waals surface area contributed by atoms with E-state index in [2.05, 4.69) is 5.16 Å². The molecule has 70 valence electrons. The van der Waals surface area contributed by atoms with E-state index in [9.17, 15) is 4.39 Å². The van der Waals surface area contributed by atoms with Gasteiger partial charge in [0, 0.05) is 0 Å². The third-order valence-electron chi connectivity index (χ3n) is 1.46. The van der Waals surface area contributed by atoms with Gasteiger partial charge in [-0.2, -0.15) is 0 Å². The molecule has 0 aliphatic carbocycles. The summed E-state index contributed by atoms with van der Waals surface area (Å²) in [6.07, 6.45) is 1.15. The monoisotopic (exact) mass is 183 g/mol. The van der Waals surface area contributed by atoms with Gasteiger partial charge in [-0.3, -0.25) is 0 Å². The van der Waals surface area contributed by atoms with Gasteiger partial charge >= 0.3 is 0 Å². The van der Waals surface area contributed by atoms with E-state index in [1.807, 2.05) is 0 Å². The van der Waals surface area contributed by atoms with Crippen LogP contribution in [0.25, 0.3) is 0 Å². The van der Waals surface area contributed by atoms with Crippen molar-refractivity contribution in [3.63, 3.8) is 0 Å². The van der Waals surface area contributed by atoms with Crippen molar-refractivity contribution < 1.29 is 14.3 Å². The second kappa shape index (κ2) is 4.45. The molecule has 0 aliphatic heterocycles. The predicted molar refractivity (Wildman–Crippen MR) is 46.9 cm³/mol. The van der Waals surface area contributed by atoms with E-state index in [1.54, 1.807) is 13.0 Å². The second-order valence-electron chi connectivity index (χ2n) is 2.37. The summed E-state index contributed by atoms with van der Waals surface area (Å²) in [4.78, 5) is 0. The van der Waals surface area contributed by atoms with Gasteiger partial charge in [-0.05, 0) is 30.7 Å². The van der Waals surface area contributed by atoms with Crippen LogP contribution in [0.5, 0.6) is 5.75 Å². The average Bonchev–Trinajstić information content (AvgIpc) is 2.10.